The molecule has 0 amide bonds. The van der Waals surface area contributed by atoms with Gasteiger partial charge < -0.3 is 10.1 Å². The van der Waals surface area contributed by atoms with Gasteiger partial charge in [0, 0.05) is 7.05 Å². The molecule has 0 N–H and O–H groups in total. The van der Waals surface area contributed by atoms with Gasteiger partial charge in [0.25, 0.3) is 0 Å². The van der Waals surface area contributed by atoms with Crippen molar-refractivity contribution < 1.29 is 4.74 Å². The van der Waals surface area contributed by atoms with Crippen LogP contribution < -0.4 is 0 Å². The lowest BCUT2D eigenvalue weighted by Crippen LogP contribution is -2.46. The Morgan fingerprint density at radius 3 is 2.76 bits per heavy atom. The number of nitrogens with zero attached hydrogens (tertiary/aromatic N) is 2. The minimum Gasteiger partial charge on any atom is -0.623 e. The summed E-state index contributed by atoms with van der Waals surface area (Å²) < 4.78 is 1.80. The molecule has 6 heteroatoms. The van der Waals surface area contributed by atoms with Crippen LogP contribution in [-0.2, 0) is 0 Å². The van der Waals surface area contributed by atoms with E-state index in [9.17, 15) is 5.21 Å². The summed E-state index contributed by atoms with van der Waals surface area (Å²) in [5, 5.41) is 13.9. The molecule has 17 heavy (non-hydrogen) atoms. The molecule has 0 saturated carbocycles. The van der Waals surface area contributed by atoms with Crippen molar-refractivity contribution in [2.24, 2.45) is 0 Å². The van der Waals surface area contributed by atoms with Crippen molar-refractivity contribution in [3.8, 4) is 0 Å². The van der Waals surface area contributed by atoms with Gasteiger partial charge in [-0.1, -0.05) is 18.3 Å². The van der Waals surface area contributed by atoms with Crippen molar-refractivity contribution >= 4 is 45.9 Å². The Balaban J connectivity index is 2.27. The molecule has 0 radical (unpaired) electrons. The summed E-state index contributed by atoms with van der Waals surface area (Å²) >= 11 is 8.26. The number of hydrogen-bond donors (Lipinski definition) is 0. The van der Waals surface area contributed by atoms with Crippen LogP contribution >= 0.6 is 35.3 Å². The van der Waals surface area contributed by atoms with Gasteiger partial charge in [0.1, 0.15) is 9.86 Å². The number of thiophene rings is 1. The molecule has 3 nitrogen and oxygen atoms in total. The summed E-state index contributed by atoms with van der Waals surface area (Å²) in [6, 6.07) is 3.87. The molecule has 1 fully saturated rings. The molecule has 1 aromatic heterocycles. The van der Waals surface area contributed by atoms with E-state index in [-0.39, 0.29) is 10.9 Å². The van der Waals surface area contributed by atoms with E-state index >= 15 is 0 Å². The number of thioether (sulfide) groups is 1. The summed E-state index contributed by atoms with van der Waals surface area (Å²) in [6.45, 7) is 4.08. The monoisotopic (exact) mass is 286 g/mol. The number of likely N-dealkylation sites (N-methyl/N-ethyl adjacent to an activating group) is 1. The molecule has 1 atom stereocenters. The molecule has 92 valence electrons. The second kappa shape index (κ2) is 4.59. The Hall–Kier alpha value is -0.590. The molecule has 0 aliphatic carbocycles. The number of hydrogen-bond acceptors (Lipinski definition) is 4. The lowest BCUT2D eigenvalue weighted by atomic mass is 10.0. The maximum atomic E-state index is 12.2. The largest absolute Gasteiger partial charge is 0.623 e. The Kier molecular flexibility index (Phi) is 3.47. The van der Waals surface area contributed by atoms with E-state index in [2.05, 4.69) is 0 Å². The highest BCUT2D eigenvalue weighted by Gasteiger charge is 2.48. The number of hydroxylamine groups is 1. The lowest BCUT2D eigenvalue weighted by molar-refractivity contribution is -0.480. The maximum Gasteiger partial charge on any atom is 0.238 e. The van der Waals surface area contributed by atoms with Crippen LogP contribution in [-0.4, -0.2) is 38.1 Å². The summed E-state index contributed by atoms with van der Waals surface area (Å²) in [4.78, 5) is 2.96. The quantitative estimate of drug-likeness (QED) is 0.275. The molecule has 0 bridgehead atoms. The average Bonchev–Trinajstić information content (AvgIpc) is 2.82. The van der Waals surface area contributed by atoms with Crippen molar-refractivity contribution in [2.45, 2.75) is 24.8 Å². The topological polar surface area (TPSA) is 29.3 Å². The third kappa shape index (κ3) is 2.34. The van der Waals surface area contributed by atoms with Crippen molar-refractivity contribution in [3.63, 3.8) is 0 Å². The molecule has 2 rings (SSSR count). The van der Waals surface area contributed by atoms with E-state index in [1.165, 1.54) is 11.8 Å². The molecule has 0 spiro atoms. The fourth-order valence-electron chi connectivity index (χ4n) is 1.64. The Morgan fingerprint density at radius 2 is 2.29 bits per heavy atom. The first-order chi connectivity index (χ1) is 7.93. The molecule has 0 unspecified atom stereocenters. The third-order valence-electron chi connectivity index (χ3n) is 2.98. The molecule has 1 aliphatic rings. The summed E-state index contributed by atoms with van der Waals surface area (Å²) in [5.74, 6) is 0. The second-order valence-electron chi connectivity index (χ2n) is 4.45. The van der Waals surface area contributed by atoms with Gasteiger partial charge in [-0.05, 0) is 37.1 Å². The third-order valence-corrected chi connectivity index (χ3v) is 5.84. The van der Waals surface area contributed by atoms with Crippen LogP contribution in [0.15, 0.2) is 17.5 Å². The Bertz CT molecular complexity index is 453. The Labute approximate surface area is 115 Å². The van der Waals surface area contributed by atoms with Crippen molar-refractivity contribution in [1.29, 1.82) is 0 Å². The highest BCUT2D eigenvalue weighted by molar-refractivity contribution is 8.23. The van der Waals surface area contributed by atoms with Crippen molar-refractivity contribution in [3.05, 3.63) is 27.6 Å². The van der Waals surface area contributed by atoms with Gasteiger partial charge in [0.05, 0.1) is 4.88 Å². The van der Waals surface area contributed by atoms with Crippen LogP contribution in [0.3, 0.4) is 0 Å². The van der Waals surface area contributed by atoms with E-state index < -0.39 is 0 Å². The van der Waals surface area contributed by atoms with Crippen LogP contribution in [0.1, 0.15) is 18.7 Å². The molecule has 1 aromatic rings. The van der Waals surface area contributed by atoms with Crippen LogP contribution in [0, 0.1) is 5.21 Å². The highest BCUT2D eigenvalue weighted by atomic mass is 32.2. The smallest absolute Gasteiger partial charge is 0.238 e. The summed E-state index contributed by atoms with van der Waals surface area (Å²) in [5.41, 5.74) is -0.253. The standard InChI is InChI=1S/C11H14N2OS3/c1-11(2)9(17-10(15)12(11)3)13(14)7-8-5-4-6-16-8/h4-7,9H,1-3H3/b13-7+/t9-/m1/s1. The molecule has 1 aliphatic heterocycles. The normalized spacial score (nSPS) is 24.4. The zero-order valence-electron chi connectivity index (χ0n) is 9.91. The van der Waals surface area contributed by atoms with Crippen molar-refractivity contribution in [2.75, 3.05) is 7.05 Å². The van der Waals surface area contributed by atoms with Gasteiger partial charge >= 0.3 is 0 Å². The Morgan fingerprint density at radius 1 is 1.59 bits per heavy atom. The van der Waals surface area contributed by atoms with E-state index in [0.717, 1.165) is 13.9 Å². The van der Waals surface area contributed by atoms with Crippen LogP contribution in [0.4, 0.5) is 0 Å². The van der Waals surface area contributed by atoms with Gasteiger partial charge in [0.15, 0.2) is 6.21 Å². The van der Waals surface area contributed by atoms with Gasteiger partial charge in [-0.2, -0.15) is 4.74 Å². The predicted octanol–water partition coefficient (Wildman–Crippen LogP) is 2.75. The van der Waals surface area contributed by atoms with Gasteiger partial charge in [0.2, 0.25) is 5.37 Å². The van der Waals surface area contributed by atoms with Crippen LogP contribution in [0.25, 0.3) is 0 Å². The summed E-state index contributed by atoms with van der Waals surface area (Å²) in [6.07, 6.45) is 1.64. The summed E-state index contributed by atoms with van der Waals surface area (Å²) in [7, 11) is 1.94. The number of thiocarbonyl (C=S) groups is 1. The van der Waals surface area contributed by atoms with E-state index in [1.54, 1.807) is 17.6 Å². The fourth-order valence-corrected chi connectivity index (χ4v) is 3.98. The van der Waals surface area contributed by atoms with Crippen molar-refractivity contribution in [1.82, 2.24) is 4.90 Å². The highest BCUT2D eigenvalue weighted by Crippen LogP contribution is 2.38. The van der Waals surface area contributed by atoms with Gasteiger partial charge in [-0.25, -0.2) is 0 Å². The van der Waals surface area contributed by atoms with Crippen LogP contribution in [0.2, 0.25) is 0 Å². The fraction of sp³-hybridized carbons (Fsp3) is 0.455. The first kappa shape index (κ1) is 12.9. The maximum absolute atomic E-state index is 12.2. The predicted molar refractivity (Wildman–Crippen MR) is 78.9 cm³/mol. The second-order valence-corrected chi connectivity index (χ2v) is 7.15. The zero-order chi connectivity index (χ0) is 12.6. The van der Waals surface area contributed by atoms with E-state index in [0.29, 0.717) is 0 Å². The van der Waals surface area contributed by atoms with E-state index in [4.69, 9.17) is 12.2 Å². The first-order valence-electron chi connectivity index (χ1n) is 5.21. The SMILES string of the molecule is CN1C(=S)S[C@@H](/[N+]([O-])=C\c2cccs2)C1(C)C. The van der Waals surface area contributed by atoms with Crippen LogP contribution in [0.5, 0.6) is 0 Å². The molecular weight excluding hydrogens is 272 g/mol. The van der Waals surface area contributed by atoms with Gasteiger partial charge in [-0.3, -0.25) is 0 Å². The number of rotatable bonds is 2. The van der Waals surface area contributed by atoms with Gasteiger partial charge in [-0.15, -0.1) is 11.3 Å². The molecule has 1 saturated heterocycles. The van der Waals surface area contributed by atoms with E-state index in [1.807, 2.05) is 43.3 Å². The molecular formula is C11H14N2OS3. The first-order valence-corrected chi connectivity index (χ1v) is 7.38. The zero-order valence-corrected chi connectivity index (χ0v) is 12.4. The minimum absolute atomic E-state index is 0.193. The lowest BCUT2D eigenvalue weighted by Gasteiger charge is -2.30. The molecule has 2 heterocycles. The molecule has 0 aromatic carbocycles. The minimum atomic E-state index is -0.253. The average molecular weight is 286 g/mol.